The van der Waals surface area contributed by atoms with Gasteiger partial charge in [0.15, 0.2) is 11.8 Å². The maximum Gasteiger partial charge on any atom is 0.303 e. The normalized spacial score (nSPS) is 19.2. The third kappa shape index (κ3) is 5.39. The lowest BCUT2D eigenvalue weighted by Crippen LogP contribution is -2.54. The summed E-state index contributed by atoms with van der Waals surface area (Å²) >= 11 is 0. The molecule has 9 nitrogen and oxygen atoms in total. The molecule has 2 aliphatic rings. The number of benzene rings is 2. The zero-order chi connectivity index (χ0) is 28.5. The van der Waals surface area contributed by atoms with Crippen molar-refractivity contribution < 1.29 is 23.9 Å². The van der Waals surface area contributed by atoms with Crippen molar-refractivity contribution in [1.29, 1.82) is 0 Å². The molecule has 5 rings (SSSR count). The van der Waals surface area contributed by atoms with Gasteiger partial charge in [0.1, 0.15) is 0 Å². The zero-order valence-corrected chi connectivity index (χ0v) is 23.4. The summed E-state index contributed by atoms with van der Waals surface area (Å²) in [4.78, 5) is 53.3. The van der Waals surface area contributed by atoms with E-state index in [9.17, 15) is 19.2 Å². The molecule has 3 amide bonds. The molecule has 0 bridgehead atoms. The molecule has 9 heteroatoms. The third-order valence-corrected chi connectivity index (χ3v) is 7.31. The maximum atomic E-state index is 12.3. The fourth-order valence-corrected chi connectivity index (χ4v) is 5.70. The molecule has 2 atom stereocenters. The molecule has 1 fully saturated rings. The standard InChI is InChI=1S/C17H20N2O4.C13H16N2O/c1-10-5-6-15-14(9-10)17(23-13(4)22)7-8-18(11(2)20)16(17)19(15)12(3)21;1-9-3-4-13-12(7-9)11(8-15-13)5-6-14-10(2)16/h5-6,9,16H,7-8H2,1-4H3;3-4,7-8,15H,5-6H2,1-2H3,(H,14,16)/t16-,17-;/m1./s1. The summed E-state index contributed by atoms with van der Waals surface area (Å²) in [7, 11) is 0. The number of H-pyrrole nitrogens is 1. The van der Waals surface area contributed by atoms with Crippen LogP contribution < -0.4 is 10.2 Å². The van der Waals surface area contributed by atoms with Crippen molar-refractivity contribution >= 4 is 40.3 Å². The van der Waals surface area contributed by atoms with Gasteiger partial charge in [-0.25, -0.2) is 0 Å². The Morgan fingerprint density at radius 2 is 1.69 bits per heavy atom. The quantitative estimate of drug-likeness (QED) is 0.496. The van der Waals surface area contributed by atoms with E-state index in [-0.39, 0.29) is 17.7 Å². The Balaban J connectivity index is 0.000000193. The smallest absolute Gasteiger partial charge is 0.303 e. The monoisotopic (exact) mass is 532 g/mol. The average molecular weight is 533 g/mol. The van der Waals surface area contributed by atoms with Crippen LogP contribution >= 0.6 is 0 Å². The molecule has 0 spiro atoms. The Bertz CT molecular complexity index is 1440. The first-order valence-corrected chi connectivity index (χ1v) is 13.1. The van der Waals surface area contributed by atoms with Gasteiger partial charge in [0.2, 0.25) is 17.7 Å². The van der Waals surface area contributed by atoms with E-state index >= 15 is 0 Å². The first kappa shape index (κ1) is 27.9. The van der Waals surface area contributed by atoms with Crippen LogP contribution in [0.1, 0.15) is 56.4 Å². The van der Waals surface area contributed by atoms with E-state index in [4.69, 9.17) is 4.74 Å². The number of aromatic amines is 1. The van der Waals surface area contributed by atoms with Crippen LogP contribution in [0.4, 0.5) is 5.69 Å². The SMILES string of the molecule is CC(=O)NCCc1c[nH]c2ccc(C)cc12.CC(=O)O[C@@]12CCN(C(C)=O)[C@@H]1N(C(C)=O)c1ccc(C)cc12. The summed E-state index contributed by atoms with van der Waals surface area (Å²) in [6.45, 7) is 11.0. The molecule has 0 aliphatic carbocycles. The van der Waals surface area contributed by atoms with Crippen molar-refractivity contribution in [3.8, 4) is 0 Å². The summed E-state index contributed by atoms with van der Waals surface area (Å²) in [5, 5.41) is 4.07. The average Bonchev–Trinajstić information content (AvgIpc) is 3.49. The number of likely N-dealkylation sites (tertiary alicyclic amines) is 1. The molecule has 2 aromatic carbocycles. The van der Waals surface area contributed by atoms with Crippen molar-refractivity contribution in [2.24, 2.45) is 0 Å². The van der Waals surface area contributed by atoms with Gasteiger partial charge in [-0.2, -0.15) is 0 Å². The number of aromatic nitrogens is 1. The van der Waals surface area contributed by atoms with Crippen LogP contribution in [-0.4, -0.2) is 52.8 Å². The van der Waals surface area contributed by atoms with Crippen LogP contribution in [0, 0.1) is 13.8 Å². The summed E-state index contributed by atoms with van der Waals surface area (Å²) in [5.41, 5.74) is 5.21. The highest BCUT2D eigenvalue weighted by atomic mass is 16.6. The number of hydrogen-bond acceptors (Lipinski definition) is 5. The van der Waals surface area contributed by atoms with Crippen LogP contribution in [0.25, 0.3) is 10.9 Å². The van der Waals surface area contributed by atoms with Gasteiger partial charge in [0.25, 0.3) is 0 Å². The number of ether oxygens (including phenoxy) is 1. The lowest BCUT2D eigenvalue weighted by Gasteiger charge is -2.35. The molecule has 39 heavy (non-hydrogen) atoms. The molecule has 0 radical (unpaired) electrons. The molecular weight excluding hydrogens is 496 g/mol. The lowest BCUT2D eigenvalue weighted by molar-refractivity contribution is -0.162. The fraction of sp³-hybridized carbons (Fsp3) is 0.400. The van der Waals surface area contributed by atoms with Crippen LogP contribution in [0.2, 0.25) is 0 Å². The molecule has 1 aromatic heterocycles. The van der Waals surface area contributed by atoms with Gasteiger partial charge in [0, 0.05) is 69.9 Å². The highest BCUT2D eigenvalue weighted by Gasteiger charge is 2.61. The van der Waals surface area contributed by atoms with Crippen molar-refractivity contribution in [2.75, 3.05) is 18.0 Å². The molecule has 0 unspecified atom stereocenters. The van der Waals surface area contributed by atoms with Crippen LogP contribution in [-0.2, 0) is 35.9 Å². The minimum absolute atomic E-state index is 0.0241. The molecule has 206 valence electrons. The summed E-state index contributed by atoms with van der Waals surface area (Å²) in [6, 6.07) is 12.1. The Kier molecular flexibility index (Phi) is 7.81. The van der Waals surface area contributed by atoms with E-state index in [0.29, 0.717) is 25.2 Å². The summed E-state index contributed by atoms with van der Waals surface area (Å²) in [6.07, 6.45) is 2.75. The fourth-order valence-electron chi connectivity index (χ4n) is 5.70. The van der Waals surface area contributed by atoms with Crippen molar-refractivity contribution in [3.63, 3.8) is 0 Å². The number of anilines is 1. The van der Waals surface area contributed by atoms with E-state index in [2.05, 4.69) is 35.4 Å². The summed E-state index contributed by atoms with van der Waals surface area (Å²) in [5.74, 6) is -0.712. The Morgan fingerprint density at radius 3 is 2.33 bits per heavy atom. The number of carbonyl (C=O) groups excluding carboxylic acids is 4. The predicted molar refractivity (Wildman–Crippen MR) is 149 cm³/mol. The predicted octanol–water partition coefficient (Wildman–Crippen LogP) is 3.85. The number of aryl methyl sites for hydroxylation is 2. The number of hydrogen-bond donors (Lipinski definition) is 2. The number of rotatable bonds is 4. The van der Waals surface area contributed by atoms with Gasteiger partial charge in [-0.3, -0.25) is 24.1 Å². The van der Waals surface area contributed by atoms with Gasteiger partial charge in [-0.05, 0) is 50.1 Å². The molecule has 2 aliphatic heterocycles. The van der Waals surface area contributed by atoms with E-state index in [0.717, 1.165) is 23.1 Å². The lowest BCUT2D eigenvalue weighted by atomic mass is 9.91. The molecule has 0 saturated carbocycles. The highest BCUT2D eigenvalue weighted by Crippen LogP contribution is 2.53. The topological polar surface area (TPSA) is 112 Å². The largest absolute Gasteiger partial charge is 0.450 e. The van der Waals surface area contributed by atoms with Gasteiger partial charge in [0.05, 0.1) is 5.69 Å². The van der Waals surface area contributed by atoms with E-state index < -0.39 is 17.7 Å². The Hall–Kier alpha value is -4.14. The van der Waals surface area contributed by atoms with Gasteiger partial charge >= 0.3 is 5.97 Å². The van der Waals surface area contributed by atoms with Gasteiger partial charge < -0.3 is 19.9 Å². The number of fused-ring (bicyclic) bond motifs is 4. The van der Waals surface area contributed by atoms with E-state index in [1.165, 1.54) is 37.3 Å². The van der Waals surface area contributed by atoms with Crippen molar-refractivity contribution in [3.05, 3.63) is 64.8 Å². The first-order chi connectivity index (χ1) is 18.4. The van der Waals surface area contributed by atoms with Crippen LogP contribution in [0.5, 0.6) is 0 Å². The molecule has 2 N–H and O–H groups in total. The molecular formula is C30H36N4O5. The minimum atomic E-state index is -0.982. The number of nitrogens with one attached hydrogen (secondary N) is 2. The van der Waals surface area contributed by atoms with Gasteiger partial charge in [-0.15, -0.1) is 0 Å². The highest BCUT2D eigenvalue weighted by molar-refractivity contribution is 5.97. The second kappa shape index (κ2) is 10.9. The number of carbonyl (C=O) groups is 4. The Morgan fingerprint density at radius 1 is 1.00 bits per heavy atom. The Labute approximate surface area is 228 Å². The molecule has 3 heterocycles. The van der Waals surface area contributed by atoms with Crippen molar-refractivity contribution in [1.82, 2.24) is 15.2 Å². The third-order valence-electron chi connectivity index (χ3n) is 7.31. The second-order valence-electron chi connectivity index (χ2n) is 10.3. The van der Waals surface area contributed by atoms with E-state index in [1.54, 1.807) is 16.7 Å². The van der Waals surface area contributed by atoms with Gasteiger partial charge in [-0.1, -0.05) is 23.3 Å². The summed E-state index contributed by atoms with van der Waals surface area (Å²) < 4.78 is 5.74. The van der Waals surface area contributed by atoms with Crippen molar-refractivity contribution in [2.45, 2.75) is 66.2 Å². The maximum absolute atomic E-state index is 12.3. The zero-order valence-electron chi connectivity index (χ0n) is 23.4. The number of amides is 3. The van der Waals surface area contributed by atoms with Crippen LogP contribution in [0.3, 0.4) is 0 Å². The number of esters is 1. The van der Waals surface area contributed by atoms with Crippen LogP contribution in [0.15, 0.2) is 42.6 Å². The molecule has 3 aromatic rings. The van der Waals surface area contributed by atoms with E-state index in [1.807, 2.05) is 31.3 Å². The number of nitrogens with zero attached hydrogens (tertiary/aromatic N) is 2. The first-order valence-electron chi connectivity index (χ1n) is 13.1. The molecule has 1 saturated heterocycles. The second-order valence-corrected chi connectivity index (χ2v) is 10.3. The minimum Gasteiger partial charge on any atom is -0.450 e.